The molecule has 1 aliphatic heterocycles. The zero-order chi connectivity index (χ0) is 18.9. The van der Waals surface area contributed by atoms with Crippen LogP contribution in [0.2, 0.25) is 0 Å². The van der Waals surface area contributed by atoms with Crippen LogP contribution in [0, 0.1) is 0 Å². The van der Waals surface area contributed by atoms with Crippen LogP contribution in [0.5, 0.6) is 5.75 Å². The first-order valence-corrected chi connectivity index (χ1v) is 10.3. The molecule has 0 amide bonds. The first-order valence-electron chi connectivity index (χ1n) is 8.82. The van der Waals surface area contributed by atoms with Crippen molar-refractivity contribution >= 4 is 15.5 Å². The maximum absolute atomic E-state index is 12.5. The second kappa shape index (κ2) is 6.91. The van der Waals surface area contributed by atoms with Gasteiger partial charge in [0.05, 0.1) is 23.7 Å². The molecule has 0 bridgehead atoms. The fourth-order valence-corrected chi connectivity index (χ4v) is 4.24. The van der Waals surface area contributed by atoms with Crippen molar-refractivity contribution in [1.82, 2.24) is 4.98 Å². The summed E-state index contributed by atoms with van der Waals surface area (Å²) < 4.78 is 29.3. The Morgan fingerprint density at radius 3 is 2.35 bits per heavy atom. The van der Waals surface area contributed by atoms with Gasteiger partial charge in [0.2, 0.25) is 0 Å². The molecule has 0 spiro atoms. The fourth-order valence-electron chi connectivity index (χ4n) is 3.18. The van der Waals surface area contributed by atoms with Crippen LogP contribution in [0.4, 0.5) is 5.69 Å². The highest BCUT2D eigenvalue weighted by Crippen LogP contribution is 2.32. The summed E-state index contributed by atoms with van der Waals surface area (Å²) in [5.74, 6) is 1.32. The number of methoxy groups -OCH3 is 1. The number of hydrogen-bond donors (Lipinski definition) is 0. The number of rotatable bonds is 4. The molecule has 6 heteroatoms. The third kappa shape index (κ3) is 3.56. The van der Waals surface area contributed by atoms with E-state index in [1.54, 1.807) is 40.1 Å². The summed E-state index contributed by atoms with van der Waals surface area (Å²) in [5, 5.41) is 0.139. The van der Waals surface area contributed by atoms with E-state index >= 15 is 0 Å². The van der Waals surface area contributed by atoms with E-state index in [0.717, 1.165) is 30.9 Å². The maximum Gasteiger partial charge on any atom is 0.200 e. The molecule has 1 aromatic carbocycles. The molecule has 0 aliphatic carbocycles. The monoisotopic (exact) mass is 374 g/mol. The van der Waals surface area contributed by atoms with Gasteiger partial charge in [-0.3, -0.25) is 0 Å². The average Bonchev–Trinajstić information content (AvgIpc) is 3.11. The van der Waals surface area contributed by atoms with E-state index in [1.165, 1.54) is 5.56 Å². The highest BCUT2D eigenvalue weighted by atomic mass is 32.2. The van der Waals surface area contributed by atoms with Gasteiger partial charge in [-0.05, 0) is 57.0 Å². The number of anilines is 1. The van der Waals surface area contributed by atoms with Gasteiger partial charge in [-0.15, -0.1) is 0 Å². The predicted octanol–water partition coefficient (Wildman–Crippen LogP) is 3.66. The molecule has 5 nitrogen and oxygen atoms in total. The van der Waals surface area contributed by atoms with Crippen LogP contribution in [-0.2, 0) is 9.84 Å². The second-order valence-electron chi connectivity index (χ2n) is 7.68. The fraction of sp³-hybridized carbons (Fsp3) is 0.450. The van der Waals surface area contributed by atoms with Gasteiger partial charge in [-0.2, -0.15) is 0 Å². The normalized spacial score (nSPS) is 18.2. The highest BCUT2D eigenvalue weighted by molar-refractivity contribution is 7.92. The van der Waals surface area contributed by atoms with E-state index in [1.807, 2.05) is 18.2 Å². The molecule has 26 heavy (non-hydrogen) atoms. The SMILES string of the molecule is COc1ccc(C2CCN(c3ccc(S(=O)(=O)C(C)(C)C)nc3)C2)cc1. The Morgan fingerprint density at radius 1 is 1.12 bits per heavy atom. The summed E-state index contributed by atoms with van der Waals surface area (Å²) in [4.78, 5) is 6.50. The largest absolute Gasteiger partial charge is 0.497 e. The molecule has 2 heterocycles. The zero-order valence-electron chi connectivity index (χ0n) is 15.8. The quantitative estimate of drug-likeness (QED) is 0.817. The summed E-state index contributed by atoms with van der Waals surface area (Å²) in [5.41, 5.74) is 2.27. The summed E-state index contributed by atoms with van der Waals surface area (Å²) >= 11 is 0. The van der Waals surface area contributed by atoms with Gasteiger partial charge < -0.3 is 9.64 Å². The Hall–Kier alpha value is -2.08. The lowest BCUT2D eigenvalue weighted by Gasteiger charge is -2.21. The van der Waals surface area contributed by atoms with Crippen molar-refractivity contribution in [2.24, 2.45) is 0 Å². The van der Waals surface area contributed by atoms with Gasteiger partial charge in [0.25, 0.3) is 0 Å². The lowest BCUT2D eigenvalue weighted by molar-refractivity contribution is 0.414. The Labute approximate surface area is 155 Å². The first-order chi connectivity index (χ1) is 12.2. The Morgan fingerprint density at radius 2 is 1.81 bits per heavy atom. The van der Waals surface area contributed by atoms with Gasteiger partial charge in [-0.25, -0.2) is 13.4 Å². The maximum atomic E-state index is 12.5. The summed E-state index contributed by atoms with van der Waals surface area (Å²) in [6.45, 7) is 6.91. The van der Waals surface area contributed by atoms with Crippen LogP contribution >= 0.6 is 0 Å². The number of ether oxygens (including phenoxy) is 1. The van der Waals surface area contributed by atoms with Crippen molar-refractivity contribution < 1.29 is 13.2 Å². The summed E-state index contributed by atoms with van der Waals surface area (Å²) in [6.07, 6.45) is 2.74. The molecule has 2 aromatic rings. The van der Waals surface area contributed by atoms with Gasteiger partial charge in [0, 0.05) is 19.0 Å². The molecule has 3 rings (SSSR count). The summed E-state index contributed by atoms with van der Waals surface area (Å²) in [6, 6.07) is 11.7. The second-order valence-corrected chi connectivity index (χ2v) is 10.3. The molecular formula is C20H26N2O3S. The molecule has 1 atom stereocenters. The van der Waals surface area contributed by atoms with Crippen LogP contribution in [0.25, 0.3) is 0 Å². The van der Waals surface area contributed by atoms with Crippen LogP contribution in [0.1, 0.15) is 38.7 Å². The number of hydrogen-bond acceptors (Lipinski definition) is 5. The number of benzene rings is 1. The molecular weight excluding hydrogens is 348 g/mol. The zero-order valence-corrected chi connectivity index (χ0v) is 16.6. The first kappa shape index (κ1) is 18.7. The number of sulfone groups is 1. The minimum absolute atomic E-state index is 0.139. The number of pyridine rings is 1. The van der Waals surface area contributed by atoms with E-state index in [9.17, 15) is 8.42 Å². The van der Waals surface area contributed by atoms with Crippen LogP contribution < -0.4 is 9.64 Å². The molecule has 0 radical (unpaired) electrons. The minimum atomic E-state index is -3.42. The average molecular weight is 375 g/mol. The van der Waals surface area contributed by atoms with Crippen LogP contribution in [0.15, 0.2) is 47.6 Å². The molecule has 1 unspecified atom stereocenters. The number of aromatic nitrogens is 1. The topological polar surface area (TPSA) is 59.5 Å². The van der Waals surface area contributed by atoms with E-state index in [0.29, 0.717) is 5.92 Å². The van der Waals surface area contributed by atoms with Crippen molar-refractivity contribution in [2.75, 3.05) is 25.1 Å². The number of nitrogens with zero attached hydrogens (tertiary/aromatic N) is 2. The standard InChI is InChI=1S/C20H26N2O3S/c1-20(2,3)26(23,24)19-10-7-17(13-21-19)22-12-11-16(14-22)15-5-8-18(25-4)9-6-15/h5-10,13,16H,11-12,14H2,1-4H3. The Kier molecular flexibility index (Phi) is 4.97. The molecule has 0 N–H and O–H groups in total. The van der Waals surface area contributed by atoms with Gasteiger partial charge >= 0.3 is 0 Å². The lowest BCUT2D eigenvalue weighted by atomic mass is 9.98. The van der Waals surface area contributed by atoms with Crippen LogP contribution in [-0.4, -0.2) is 38.3 Å². The molecule has 1 aromatic heterocycles. The predicted molar refractivity (Wildman–Crippen MR) is 104 cm³/mol. The van der Waals surface area contributed by atoms with Crippen molar-refractivity contribution in [2.45, 2.75) is 42.9 Å². The minimum Gasteiger partial charge on any atom is -0.497 e. The van der Waals surface area contributed by atoms with Gasteiger partial charge in [0.15, 0.2) is 14.9 Å². The third-order valence-corrected chi connectivity index (χ3v) is 7.35. The van der Waals surface area contributed by atoms with Gasteiger partial charge in [-0.1, -0.05) is 12.1 Å². The highest BCUT2D eigenvalue weighted by Gasteiger charge is 2.32. The van der Waals surface area contributed by atoms with Crippen molar-refractivity contribution in [3.8, 4) is 5.75 Å². The van der Waals surface area contributed by atoms with E-state index in [4.69, 9.17) is 4.74 Å². The van der Waals surface area contributed by atoms with Crippen LogP contribution in [0.3, 0.4) is 0 Å². The smallest absolute Gasteiger partial charge is 0.200 e. The molecule has 0 saturated carbocycles. The summed E-state index contributed by atoms with van der Waals surface area (Å²) in [7, 11) is -1.75. The lowest BCUT2D eigenvalue weighted by Crippen LogP contribution is -2.28. The Bertz CT molecular complexity index is 853. The van der Waals surface area contributed by atoms with Crippen molar-refractivity contribution in [1.29, 1.82) is 0 Å². The van der Waals surface area contributed by atoms with E-state index in [2.05, 4.69) is 22.0 Å². The third-order valence-electron chi connectivity index (χ3n) is 4.94. The molecule has 1 aliphatic rings. The van der Waals surface area contributed by atoms with Gasteiger partial charge in [0.1, 0.15) is 5.75 Å². The van der Waals surface area contributed by atoms with E-state index < -0.39 is 14.6 Å². The molecule has 140 valence electrons. The molecule has 1 saturated heterocycles. The van der Waals surface area contributed by atoms with Crippen molar-refractivity contribution in [3.63, 3.8) is 0 Å². The van der Waals surface area contributed by atoms with Crippen molar-refractivity contribution in [3.05, 3.63) is 48.2 Å². The van der Waals surface area contributed by atoms with E-state index in [-0.39, 0.29) is 5.03 Å². The molecule has 1 fully saturated rings. The Balaban J connectivity index is 1.73.